The van der Waals surface area contributed by atoms with Crippen LogP contribution >= 0.6 is 0 Å². The van der Waals surface area contributed by atoms with Gasteiger partial charge in [0, 0.05) is 38.3 Å². The highest BCUT2D eigenvalue weighted by molar-refractivity contribution is 7.88. The van der Waals surface area contributed by atoms with Crippen molar-refractivity contribution in [3.8, 4) is 0 Å². The van der Waals surface area contributed by atoms with E-state index in [4.69, 9.17) is 0 Å². The molecule has 7 heteroatoms. The van der Waals surface area contributed by atoms with E-state index >= 15 is 0 Å². The van der Waals surface area contributed by atoms with Gasteiger partial charge in [0.15, 0.2) is 0 Å². The van der Waals surface area contributed by atoms with Gasteiger partial charge >= 0.3 is 0 Å². The molecule has 1 unspecified atom stereocenters. The molecule has 20 heavy (non-hydrogen) atoms. The molecular formula is C13H19N3O3S. The first-order valence-electron chi connectivity index (χ1n) is 6.42. The fourth-order valence-corrected chi connectivity index (χ4v) is 2.78. The Labute approximate surface area is 119 Å². The highest BCUT2D eigenvalue weighted by Gasteiger charge is 2.28. The van der Waals surface area contributed by atoms with Gasteiger partial charge in [-0.25, -0.2) is 13.1 Å². The summed E-state index contributed by atoms with van der Waals surface area (Å²) in [6.45, 7) is 0.782. The Bertz CT molecular complexity index is 601. The molecule has 0 radical (unpaired) electrons. The van der Waals surface area contributed by atoms with Crippen molar-refractivity contribution in [2.45, 2.75) is 12.5 Å². The van der Waals surface area contributed by atoms with E-state index in [1.807, 2.05) is 24.3 Å². The predicted molar refractivity (Wildman–Crippen MR) is 78.1 cm³/mol. The van der Waals surface area contributed by atoms with Crippen molar-refractivity contribution in [3.63, 3.8) is 0 Å². The second-order valence-corrected chi connectivity index (χ2v) is 6.72. The maximum absolute atomic E-state index is 11.9. The minimum atomic E-state index is -3.17. The van der Waals surface area contributed by atoms with Crippen molar-refractivity contribution >= 4 is 21.6 Å². The Hall–Kier alpha value is -1.44. The van der Waals surface area contributed by atoms with Crippen LogP contribution in [0.1, 0.15) is 18.0 Å². The van der Waals surface area contributed by atoms with E-state index in [1.54, 1.807) is 11.9 Å². The van der Waals surface area contributed by atoms with E-state index in [9.17, 15) is 13.2 Å². The summed E-state index contributed by atoms with van der Waals surface area (Å²) in [5.41, 5.74) is 1.96. The first kappa shape index (κ1) is 15.0. The molecule has 0 saturated heterocycles. The second-order valence-electron chi connectivity index (χ2n) is 4.89. The Morgan fingerprint density at radius 2 is 2.00 bits per heavy atom. The zero-order valence-electron chi connectivity index (χ0n) is 11.6. The first-order valence-corrected chi connectivity index (χ1v) is 8.31. The molecule has 0 saturated carbocycles. The van der Waals surface area contributed by atoms with Gasteiger partial charge < -0.3 is 10.2 Å². The number of amides is 1. The molecule has 0 aromatic heterocycles. The fourth-order valence-electron chi connectivity index (χ4n) is 2.31. The molecule has 110 valence electrons. The zero-order valence-corrected chi connectivity index (χ0v) is 12.4. The average molecular weight is 297 g/mol. The number of para-hydroxylation sites is 1. The number of benzene rings is 1. The van der Waals surface area contributed by atoms with Crippen LogP contribution in [0.4, 0.5) is 5.69 Å². The summed E-state index contributed by atoms with van der Waals surface area (Å²) in [5.74, 6) is 0.0530. The predicted octanol–water partition coefficient (Wildman–Crippen LogP) is 0.233. The second kappa shape index (κ2) is 5.90. The summed E-state index contributed by atoms with van der Waals surface area (Å²) < 4.78 is 24.4. The molecule has 0 bridgehead atoms. The monoisotopic (exact) mass is 297 g/mol. The Kier molecular flexibility index (Phi) is 4.42. The minimum Gasteiger partial charge on any atom is -0.315 e. The van der Waals surface area contributed by atoms with Crippen LogP contribution in [-0.4, -0.2) is 40.7 Å². The number of anilines is 1. The zero-order chi connectivity index (χ0) is 14.8. The lowest BCUT2D eigenvalue weighted by Crippen LogP contribution is -2.40. The van der Waals surface area contributed by atoms with Crippen molar-refractivity contribution in [2.24, 2.45) is 0 Å². The number of nitrogens with one attached hydrogen (secondary N) is 2. The summed E-state index contributed by atoms with van der Waals surface area (Å²) in [5, 5.41) is 3.23. The Balaban J connectivity index is 2.02. The number of fused-ring (bicyclic) bond motifs is 1. The van der Waals surface area contributed by atoms with Crippen LogP contribution in [0.5, 0.6) is 0 Å². The van der Waals surface area contributed by atoms with E-state index in [2.05, 4.69) is 10.0 Å². The minimum absolute atomic E-state index is 0.0530. The molecule has 0 spiro atoms. The highest BCUT2D eigenvalue weighted by atomic mass is 32.2. The van der Waals surface area contributed by atoms with Gasteiger partial charge in [0.2, 0.25) is 15.9 Å². The van der Waals surface area contributed by atoms with Crippen molar-refractivity contribution in [1.82, 2.24) is 10.0 Å². The van der Waals surface area contributed by atoms with E-state index in [1.165, 1.54) is 0 Å². The smallest absolute Gasteiger partial charge is 0.228 e. The Morgan fingerprint density at radius 1 is 1.30 bits per heavy atom. The first-order chi connectivity index (χ1) is 9.38. The van der Waals surface area contributed by atoms with Gasteiger partial charge in [0.1, 0.15) is 0 Å². The number of carbonyl (C=O) groups excluding carboxylic acids is 1. The molecule has 1 heterocycles. The van der Waals surface area contributed by atoms with E-state index in [-0.39, 0.29) is 11.9 Å². The third-order valence-electron chi connectivity index (χ3n) is 3.31. The van der Waals surface area contributed by atoms with Gasteiger partial charge in [0.05, 0.1) is 6.26 Å². The maximum atomic E-state index is 11.9. The lowest BCUT2D eigenvalue weighted by Gasteiger charge is -2.32. The van der Waals surface area contributed by atoms with Gasteiger partial charge in [-0.2, -0.15) is 0 Å². The van der Waals surface area contributed by atoms with Crippen LogP contribution < -0.4 is 14.9 Å². The number of hydrogen-bond donors (Lipinski definition) is 2. The number of sulfonamides is 1. The summed E-state index contributed by atoms with van der Waals surface area (Å²) in [6, 6.07) is 7.66. The molecule has 1 aliphatic heterocycles. The lowest BCUT2D eigenvalue weighted by molar-refractivity contribution is -0.119. The molecule has 2 N–H and O–H groups in total. The quantitative estimate of drug-likeness (QED) is 0.763. The standard InChI is InChI=1S/C13H19N3O3S/c1-16-12-6-4-3-5-10(12)11(9-13(16)17)14-7-8-15-20(2,18)19/h3-6,11,14-15H,7-9H2,1-2H3. The molecule has 6 nitrogen and oxygen atoms in total. The largest absolute Gasteiger partial charge is 0.315 e. The van der Waals surface area contributed by atoms with E-state index in [0.717, 1.165) is 17.5 Å². The SMILES string of the molecule is CN1C(=O)CC(NCCNS(C)(=O)=O)c2ccccc21. The van der Waals surface area contributed by atoms with Crippen LogP contribution in [0.2, 0.25) is 0 Å². The van der Waals surface area contributed by atoms with Crippen molar-refractivity contribution in [3.05, 3.63) is 29.8 Å². The van der Waals surface area contributed by atoms with Gasteiger partial charge in [-0.05, 0) is 11.6 Å². The third kappa shape index (κ3) is 3.56. The molecule has 2 rings (SSSR count). The number of hydrogen-bond acceptors (Lipinski definition) is 4. The third-order valence-corrected chi connectivity index (χ3v) is 4.03. The maximum Gasteiger partial charge on any atom is 0.228 e. The molecule has 1 aromatic rings. The number of rotatable bonds is 5. The van der Waals surface area contributed by atoms with Crippen LogP contribution in [0.25, 0.3) is 0 Å². The van der Waals surface area contributed by atoms with Gasteiger partial charge in [-0.15, -0.1) is 0 Å². The summed E-state index contributed by atoms with van der Waals surface area (Å²) in [7, 11) is -1.41. The molecule has 0 aliphatic carbocycles. The summed E-state index contributed by atoms with van der Waals surface area (Å²) in [6.07, 6.45) is 1.51. The number of nitrogens with zero attached hydrogens (tertiary/aromatic N) is 1. The summed E-state index contributed by atoms with van der Waals surface area (Å²) >= 11 is 0. The molecule has 1 atom stereocenters. The molecule has 1 aliphatic rings. The molecular weight excluding hydrogens is 278 g/mol. The van der Waals surface area contributed by atoms with Crippen molar-refractivity contribution < 1.29 is 13.2 Å². The Morgan fingerprint density at radius 3 is 2.70 bits per heavy atom. The van der Waals surface area contributed by atoms with Gasteiger partial charge in [0.25, 0.3) is 0 Å². The van der Waals surface area contributed by atoms with Gasteiger partial charge in [-0.3, -0.25) is 4.79 Å². The van der Waals surface area contributed by atoms with Crippen LogP contribution in [0, 0.1) is 0 Å². The van der Waals surface area contributed by atoms with Crippen LogP contribution in [0.15, 0.2) is 24.3 Å². The van der Waals surface area contributed by atoms with Crippen molar-refractivity contribution in [2.75, 3.05) is 31.3 Å². The highest BCUT2D eigenvalue weighted by Crippen LogP contribution is 2.33. The normalized spacial score (nSPS) is 19.0. The topological polar surface area (TPSA) is 78.5 Å². The van der Waals surface area contributed by atoms with E-state index in [0.29, 0.717) is 19.5 Å². The fraction of sp³-hybridized carbons (Fsp3) is 0.462. The molecule has 1 aromatic carbocycles. The van der Waals surface area contributed by atoms with E-state index < -0.39 is 10.0 Å². The number of carbonyl (C=O) groups is 1. The molecule has 1 amide bonds. The lowest BCUT2D eigenvalue weighted by atomic mass is 9.96. The van der Waals surface area contributed by atoms with Crippen LogP contribution in [0.3, 0.4) is 0 Å². The summed E-state index contributed by atoms with van der Waals surface area (Å²) in [4.78, 5) is 13.6. The van der Waals surface area contributed by atoms with Crippen LogP contribution in [-0.2, 0) is 14.8 Å². The molecule has 0 fully saturated rings. The van der Waals surface area contributed by atoms with Gasteiger partial charge in [-0.1, -0.05) is 18.2 Å². The van der Waals surface area contributed by atoms with Crippen molar-refractivity contribution in [1.29, 1.82) is 0 Å². The average Bonchev–Trinajstić information content (AvgIpc) is 2.39.